The Hall–Kier alpha value is -2.22. The molecule has 0 unspecified atom stereocenters. The summed E-state index contributed by atoms with van der Waals surface area (Å²) < 4.78 is 12.2. The van der Waals surface area contributed by atoms with Crippen LogP contribution in [-0.4, -0.2) is 40.1 Å². The highest BCUT2D eigenvalue weighted by Gasteiger charge is 2.17. The predicted molar refractivity (Wildman–Crippen MR) is 87.7 cm³/mol. The SMILES string of the molecule is COc1ccc(CNC(=O)[C@@H](C)Sc2nncn2C)cc1OC. The number of hydrogen-bond acceptors (Lipinski definition) is 6. The van der Waals surface area contributed by atoms with E-state index in [2.05, 4.69) is 15.5 Å². The number of ether oxygens (including phenoxy) is 2. The molecule has 23 heavy (non-hydrogen) atoms. The van der Waals surface area contributed by atoms with Gasteiger partial charge in [0.2, 0.25) is 5.91 Å². The second kappa shape index (κ2) is 7.87. The number of thioether (sulfide) groups is 1. The topological polar surface area (TPSA) is 78.3 Å². The Kier molecular flexibility index (Phi) is 5.86. The molecule has 0 fully saturated rings. The van der Waals surface area contributed by atoms with E-state index in [9.17, 15) is 4.79 Å². The summed E-state index contributed by atoms with van der Waals surface area (Å²) in [5, 5.41) is 11.1. The Morgan fingerprint density at radius 2 is 2.09 bits per heavy atom. The van der Waals surface area contributed by atoms with E-state index in [1.807, 2.05) is 32.2 Å². The van der Waals surface area contributed by atoms with Crippen LogP contribution < -0.4 is 14.8 Å². The van der Waals surface area contributed by atoms with Crippen LogP contribution in [0.15, 0.2) is 29.7 Å². The molecule has 0 radical (unpaired) electrons. The van der Waals surface area contributed by atoms with Crippen molar-refractivity contribution in [2.45, 2.75) is 23.9 Å². The van der Waals surface area contributed by atoms with Gasteiger partial charge in [-0.3, -0.25) is 4.79 Å². The van der Waals surface area contributed by atoms with E-state index >= 15 is 0 Å². The fraction of sp³-hybridized carbons (Fsp3) is 0.400. The minimum Gasteiger partial charge on any atom is -0.493 e. The van der Waals surface area contributed by atoms with E-state index in [0.717, 1.165) is 5.56 Å². The molecule has 0 saturated carbocycles. The monoisotopic (exact) mass is 336 g/mol. The third-order valence-electron chi connectivity index (χ3n) is 3.24. The second-order valence-corrected chi connectivity index (χ2v) is 6.20. The minimum absolute atomic E-state index is 0.0622. The average Bonchev–Trinajstić information content (AvgIpc) is 2.97. The van der Waals surface area contributed by atoms with Gasteiger partial charge in [-0.25, -0.2) is 0 Å². The van der Waals surface area contributed by atoms with Gasteiger partial charge in [-0.15, -0.1) is 10.2 Å². The largest absolute Gasteiger partial charge is 0.493 e. The van der Waals surface area contributed by atoms with Crippen molar-refractivity contribution < 1.29 is 14.3 Å². The van der Waals surface area contributed by atoms with Crippen molar-refractivity contribution in [2.24, 2.45) is 7.05 Å². The molecule has 0 aliphatic rings. The maximum absolute atomic E-state index is 12.2. The van der Waals surface area contributed by atoms with Gasteiger partial charge in [0.25, 0.3) is 0 Å². The van der Waals surface area contributed by atoms with E-state index in [0.29, 0.717) is 23.2 Å². The number of benzene rings is 1. The van der Waals surface area contributed by atoms with Crippen molar-refractivity contribution in [3.63, 3.8) is 0 Å². The Morgan fingerprint density at radius 1 is 1.35 bits per heavy atom. The van der Waals surface area contributed by atoms with Crippen LogP contribution in [0.1, 0.15) is 12.5 Å². The van der Waals surface area contributed by atoms with Crippen LogP contribution in [0.3, 0.4) is 0 Å². The number of carbonyl (C=O) groups excluding carboxylic acids is 1. The normalized spacial score (nSPS) is 11.8. The Balaban J connectivity index is 1.92. The molecular formula is C15H20N4O3S. The standard InChI is InChI=1S/C15H20N4O3S/c1-10(23-15-18-17-9-19(15)2)14(20)16-8-11-5-6-12(21-3)13(7-11)22-4/h5-7,9-10H,8H2,1-4H3,(H,16,20)/t10-/m1/s1. The highest BCUT2D eigenvalue weighted by molar-refractivity contribution is 8.00. The molecule has 2 rings (SSSR count). The number of aryl methyl sites for hydroxylation is 1. The van der Waals surface area contributed by atoms with E-state index < -0.39 is 0 Å². The molecule has 124 valence electrons. The molecule has 0 saturated heterocycles. The van der Waals surface area contributed by atoms with E-state index in [4.69, 9.17) is 9.47 Å². The molecule has 1 heterocycles. The van der Waals surface area contributed by atoms with Crippen LogP contribution in [0.2, 0.25) is 0 Å². The first-order valence-electron chi connectivity index (χ1n) is 7.04. The lowest BCUT2D eigenvalue weighted by Gasteiger charge is -2.13. The number of rotatable bonds is 7. The first kappa shape index (κ1) is 17.1. The van der Waals surface area contributed by atoms with Gasteiger partial charge >= 0.3 is 0 Å². The molecule has 8 heteroatoms. The summed E-state index contributed by atoms with van der Waals surface area (Å²) in [5.74, 6) is 1.24. The van der Waals surface area contributed by atoms with Crippen LogP contribution in [0.25, 0.3) is 0 Å². The lowest BCUT2D eigenvalue weighted by Crippen LogP contribution is -2.30. The Bertz CT molecular complexity index is 674. The van der Waals surface area contributed by atoms with Crippen molar-refractivity contribution >= 4 is 17.7 Å². The molecule has 0 spiro atoms. The van der Waals surface area contributed by atoms with Crippen LogP contribution in [0, 0.1) is 0 Å². The number of methoxy groups -OCH3 is 2. The van der Waals surface area contributed by atoms with E-state index in [1.54, 1.807) is 25.1 Å². The van der Waals surface area contributed by atoms with Gasteiger partial charge < -0.3 is 19.4 Å². The van der Waals surface area contributed by atoms with Crippen LogP contribution in [0.5, 0.6) is 11.5 Å². The average molecular weight is 336 g/mol. The molecule has 0 aliphatic carbocycles. The molecule has 2 aromatic rings. The molecule has 1 aromatic carbocycles. The van der Waals surface area contributed by atoms with Crippen LogP contribution in [-0.2, 0) is 18.4 Å². The van der Waals surface area contributed by atoms with Crippen molar-refractivity contribution in [3.05, 3.63) is 30.1 Å². The number of nitrogens with zero attached hydrogens (tertiary/aromatic N) is 3. The lowest BCUT2D eigenvalue weighted by molar-refractivity contribution is -0.120. The van der Waals surface area contributed by atoms with E-state index in [1.165, 1.54) is 11.8 Å². The van der Waals surface area contributed by atoms with Gasteiger partial charge in [0.15, 0.2) is 16.7 Å². The van der Waals surface area contributed by atoms with Gasteiger partial charge in [-0.1, -0.05) is 17.8 Å². The quantitative estimate of drug-likeness (QED) is 0.774. The van der Waals surface area contributed by atoms with Crippen LogP contribution in [0.4, 0.5) is 0 Å². The molecule has 0 bridgehead atoms. The third-order valence-corrected chi connectivity index (χ3v) is 4.38. The number of carbonyl (C=O) groups is 1. The summed E-state index contributed by atoms with van der Waals surface area (Å²) in [7, 11) is 5.01. The van der Waals surface area contributed by atoms with Crippen molar-refractivity contribution in [3.8, 4) is 11.5 Å². The van der Waals surface area contributed by atoms with Crippen molar-refractivity contribution in [1.29, 1.82) is 0 Å². The van der Waals surface area contributed by atoms with Crippen molar-refractivity contribution in [1.82, 2.24) is 20.1 Å². The smallest absolute Gasteiger partial charge is 0.233 e. The molecule has 1 amide bonds. The first-order chi connectivity index (χ1) is 11.0. The van der Waals surface area contributed by atoms with Gasteiger partial charge in [0.1, 0.15) is 6.33 Å². The number of nitrogens with one attached hydrogen (secondary N) is 1. The lowest BCUT2D eigenvalue weighted by atomic mass is 10.2. The van der Waals surface area contributed by atoms with E-state index in [-0.39, 0.29) is 11.2 Å². The predicted octanol–water partition coefficient (Wildman–Crippen LogP) is 1.63. The number of hydrogen-bond donors (Lipinski definition) is 1. The molecule has 7 nitrogen and oxygen atoms in total. The van der Waals surface area contributed by atoms with Gasteiger partial charge in [0.05, 0.1) is 19.5 Å². The molecule has 1 aromatic heterocycles. The summed E-state index contributed by atoms with van der Waals surface area (Å²) in [6.07, 6.45) is 1.61. The van der Waals surface area contributed by atoms with Gasteiger partial charge in [0, 0.05) is 13.6 Å². The second-order valence-electron chi connectivity index (χ2n) is 4.89. The fourth-order valence-corrected chi connectivity index (χ4v) is 2.73. The molecule has 0 aliphatic heterocycles. The molecule has 1 atom stereocenters. The van der Waals surface area contributed by atoms with Crippen molar-refractivity contribution in [2.75, 3.05) is 14.2 Å². The third kappa shape index (κ3) is 4.38. The van der Waals surface area contributed by atoms with Gasteiger partial charge in [-0.2, -0.15) is 0 Å². The number of aromatic nitrogens is 3. The minimum atomic E-state index is -0.266. The highest BCUT2D eigenvalue weighted by Crippen LogP contribution is 2.27. The summed E-state index contributed by atoms with van der Waals surface area (Å²) >= 11 is 1.37. The zero-order valence-corrected chi connectivity index (χ0v) is 14.4. The summed E-state index contributed by atoms with van der Waals surface area (Å²) in [6.45, 7) is 2.26. The Labute approximate surface area is 139 Å². The maximum atomic E-state index is 12.2. The van der Waals surface area contributed by atoms with Gasteiger partial charge in [-0.05, 0) is 24.6 Å². The highest BCUT2D eigenvalue weighted by atomic mass is 32.2. The van der Waals surface area contributed by atoms with Crippen LogP contribution >= 0.6 is 11.8 Å². The zero-order valence-electron chi connectivity index (χ0n) is 13.6. The summed E-state index contributed by atoms with van der Waals surface area (Å²) in [4.78, 5) is 12.2. The number of amides is 1. The summed E-state index contributed by atoms with van der Waals surface area (Å²) in [5.41, 5.74) is 0.937. The first-order valence-corrected chi connectivity index (χ1v) is 7.92. The summed E-state index contributed by atoms with van der Waals surface area (Å²) in [6, 6.07) is 5.56. The Morgan fingerprint density at radius 3 is 2.70 bits per heavy atom. The zero-order chi connectivity index (χ0) is 16.8. The fourth-order valence-electron chi connectivity index (χ4n) is 1.91. The molecule has 1 N–H and O–H groups in total. The molecular weight excluding hydrogens is 316 g/mol. The maximum Gasteiger partial charge on any atom is 0.233 e.